The van der Waals surface area contributed by atoms with Crippen LogP contribution in [0.2, 0.25) is 0 Å². The van der Waals surface area contributed by atoms with E-state index >= 15 is 0 Å². The lowest BCUT2D eigenvalue weighted by molar-refractivity contribution is 0.208. The Balaban J connectivity index is 2.15. The number of ether oxygens (including phenoxy) is 2. The molecule has 113 valence electrons. The average Bonchev–Trinajstić information content (AvgIpc) is 2.44. The molecule has 1 radical (unpaired) electrons. The summed E-state index contributed by atoms with van der Waals surface area (Å²) in [5.41, 5.74) is 1.41. The molecule has 0 aliphatic heterocycles. The third kappa shape index (κ3) is 8.21. The Labute approximate surface area is 124 Å². The van der Waals surface area contributed by atoms with Gasteiger partial charge in [0, 0.05) is 13.5 Å². The largest absolute Gasteiger partial charge is 0.493 e. The molecule has 0 saturated carbocycles. The van der Waals surface area contributed by atoms with Gasteiger partial charge in [0.15, 0.2) is 0 Å². The maximum Gasteiger partial charge on any atom is 0.119 e. The first-order valence-electron chi connectivity index (χ1n) is 7.74. The smallest absolute Gasteiger partial charge is 0.119 e. The predicted octanol–water partition coefficient (Wildman–Crippen LogP) is 4.67. The number of hydrogen-bond donors (Lipinski definition) is 0. The first kappa shape index (κ1) is 17.0. The number of benzene rings is 1. The molecule has 0 fully saturated rings. The van der Waals surface area contributed by atoms with Gasteiger partial charge in [-0.3, -0.25) is 0 Å². The van der Waals surface area contributed by atoms with Gasteiger partial charge in [-0.15, -0.1) is 0 Å². The summed E-state index contributed by atoms with van der Waals surface area (Å²) >= 11 is 0. The van der Waals surface area contributed by atoms with Crippen molar-refractivity contribution in [2.45, 2.75) is 46.0 Å². The zero-order valence-electron chi connectivity index (χ0n) is 13.2. The van der Waals surface area contributed by atoms with Gasteiger partial charge in [0.1, 0.15) is 5.75 Å². The van der Waals surface area contributed by atoms with Crippen LogP contribution in [0, 0.1) is 12.3 Å². The van der Waals surface area contributed by atoms with Crippen LogP contribution in [0.1, 0.15) is 45.1 Å². The Hall–Kier alpha value is -1.02. The second kappa shape index (κ2) is 10.7. The van der Waals surface area contributed by atoms with Crippen LogP contribution < -0.4 is 4.74 Å². The van der Waals surface area contributed by atoms with Crippen LogP contribution in [-0.2, 0) is 11.2 Å². The molecular formula is C18H29O2. The van der Waals surface area contributed by atoms with Crippen molar-refractivity contribution in [3.8, 4) is 5.75 Å². The second-order valence-electron chi connectivity index (χ2n) is 5.69. The van der Waals surface area contributed by atoms with Crippen LogP contribution in [0.25, 0.3) is 0 Å². The molecule has 0 saturated heterocycles. The summed E-state index contributed by atoms with van der Waals surface area (Å²) in [6.07, 6.45) is 8.48. The Kier molecular flexibility index (Phi) is 9.14. The Morgan fingerprint density at radius 3 is 2.40 bits per heavy atom. The minimum atomic E-state index is 0.600. The lowest BCUT2D eigenvalue weighted by Gasteiger charge is -2.07. The van der Waals surface area contributed by atoms with Crippen LogP contribution in [0.3, 0.4) is 0 Å². The van der Waals surface area contributed by atoms with Gasteiger partial charge in [0.05, 0.1) is 13.2 Å². The van der Waals surface area contributed by atoms with Crippen molar-refractivity contribution < 1.29 is 9.47 Å². The molecule has 0 aliphatic carbocycles. The number of hydrogen-bond acceptors (Lipinski definition) is 2. The van der Waals surface area contributed by atoms with E-state index in [0.717, 1.165) is 11.7 Å². The van der Waals surface area contributed by atoms with Gasteiger partial charge in [0.2, 0.25) is 0 Å². The van der Waals surface area contributed by atoms with Gasteiger partial charge in [-0.2, -0.15) is 0 Å². The molecule has 0 aliphatic rings. The van der Waals surface area contributed by atoms with Crippen molar-refractivity contribution in [1.82, 2.24) is 0 Å². The lowest BCUT2D eigenvalue weighted by Crippen LogP contribution is -2.02. The van der Waals surface area contributed by atoms with E-state index in [1.807, 2.05) is 6.42 Å². The second-order valence-corrected chi connectivity index (χ2v) is 5.69. The van der Waals surface area contributed by atoms with Crippen molar-refractivity contribution in [3.05, 3.63) is 36.2 Å². The first-order chi connectivity index (χ1) is 9.72. The molecule has 1 rings (SSSR count). The quantitative estimate of drug-likeness (QED) is 0.547. The highest BCUT2D eigenvalue weighted by Crippen LogP contribution is 2.15. The van der Waals surface area contributed by atoms with Crippen molar-refractivity contribution in [2.24, 2.45) is 5.92 Å². The summed E-state index contributed by atoms with van der Waals surface area (Å²) in [6.45, 7) is 5.82. The maximum absolute atomic E-state index is 5.60. The highest BCUT2D eigenvalue weighted by Gasteiger charge is 1.98. The van der Waals surface area contributed by atoms with E-state index < -0.39 is 0 Å². The molecule has 0 heterocycles. The van der Waals surface area contributed by atoms with Gasteiger partial charge in [-0.25, -0.2) is 0 Å². The number of methoxy groups -OCH3 is 1. The predicted molar refractivity (Wildman–Crippen MR) is 85.1 cm³/mol. The normalized spacial score (nSPS) is 11.0. The van der Waals surface area contributed by atoms with E-state index in [9.17, 15) is 0 Å². The summed E-state index contributed by atoms with van der Waals surface area (Å²) in [7, 11) is 1.69. The fourth-order valence-corrected chi connectivity index (χ4v) is 2.13. The van der Waals surface area contributed by atoms with Gasteiger partial charge >= 0.3 is 0 Å². The maximum atomic E-state index is 5.60. The molecule has 0 atom stereocenters. The molecule has 0 N–H and O–H groups in total. The third-order valence-electron chi connectivity index (χ3n) is 3.32. The number of aryl methyl sites for hydroxylation is 1. The van der Waals surface area contributed by atoms with Crippen molar-refractivity contribution in [2.75, 3.05) is 20.3 Å². The molecule has 2 nitrogen and oxygen atoms in total. The van der Waals surface area contributed by atoms with Crippen molar-refractivity contribution in [3.63, 3.8) is 0 Å². The molecule has 1 aromatic rings. The Morgan fingerprint density at radius 2 is 1.75 bits per heavy atom. The lowest BCUT2D eigenvalue weighted by atomic mass is 10.0. The Bertz CT molecular complexity index is 330. The minimum Gasteiger partial charge on any atom is -0.493 e. The van der Waals surface area contributed by atoms with Crippen LogP contribution in [0.15, 0.2) is 24.3 Å². The van der Waals surface area contributed by atoms with Crippen molar-refractivity contribution in [1.29, 1.82) is 0 Å². The van der Waals surface area contributed by atoms with E-state index in [1.165, 1.54) is 37.7 Å². The summed E-state index contributed by atoms with van der Waals surface area (Å²) in [4.78, 5) is 0. The molecule has 0 bridgehead atoms. The van der Waals surface area contributed by atoms with Crippen LogP contribution >= 0.6 is 0 Å². The van der Waals surface area contributed by atoms with E-state index in [1.54, 1.807) is 7.11 Å². The van der Waals surface area contributed by atoms with Gasteiger partial charge in [0.25, 0.3) is 0 Å². The Morgan fingerprint density at radius 1 is 1.00 bits per heavy atom. The topological polar surface area (TPSA) is 18.5 Å². The van der Waals surface area contributed by atoms with Gasteiger partial charge in [-0.1, -0.05) is 45.2 Å². The number of unbranched alkanes of at least 4 members (excludes halogenated alkanes) is 2. The average molecular weight is 277 g/mol. The van der Waals surface area contributed by atoms with Crippen LogP contribution in [-0.4, -0.2) is 20.3 Å². The molecule has 0 amide bonds. The molecule has 20 heavy (non-hydrogen) atoms. The zero-order valence-corrected chi connectivity index (χ0v) is 13.2. The molecule has 0 spiro atoms. The molecule has 2 heteroatoms. The van der Waals surface area contributed by atoms with E-state index in [0.29, 0.717) is 13.2 Å². The molecular weight excluding hydrogens is 248 g/mol. The van der Waals surface area contributed by atoms with Gasteiger partial charge < -0.3 is 9.47 Å². The van der Waals surface area contributed by atoms with Crippen LogP contribution in [0.4, 0.5) is 0 Å². The van der Waals surface area contributed by atoms with Crippen LogP contribution in [0.5, 0.6) is 5.75 Å². The monoisotopic (exact) mass is 277 g/mol. The minimum absolute atomic E-state index is 0.600. The first-order valence-corrected chi connectivity index (χ1v) is 7.74. The zero-order chi connectivity index (χ0) is 14.6. The summed E-state index contributed by atoms with van der Waals surface area (Å²) < 4.78 is 10.5. The highest BCUT2D eigenvalue weighted by atomic mass is 16.5. The standard InChI is InChI=1S/C18H29O2/c1-16(2)8-5-4-6-9-17-10-12-18(13-11-17)20-15-7-14-19-3/h7,10-13,16H,4-6,8-9,14-15H2,1-3H3. The molecule has 1 aromatic carbocycles. The van der Waals surface area contributed by atoms with E-state index in [4.69, 9.17) is 9.47 Å². The fourth-order valence-electron chi connectivity index (χ4n) is 2.13. The molecule has 0 aromatic heterocycles. The molecule has 0 unspecified atom stereocenters. The van der Waals surface area contributed by atoms with Gasteiger partial charge in [-0.05, 0) is 36.5 Å². The number of rotatable bonds is 11. The summed E-state index contributed by atoms with van der Waals surface area (Å²) in [5, 5.41) is 0. The van der Waals surface area contributed by atoms with E-state index in [-0.39, 0.29) is 0 Å². The highest BCUT2D eigenvalue weighted by molar-refractivity contribution is 5.27. The third-order valence-corrected chi connectivity index (χ3v) is 3.32. The summed E-state index contributed by atoms with van der Waals surface area (Å²) in [6, 6.07) is 8.47. The summed E-state index contributed by atoms with van der Waals surface area (Å²) in [5.74, 6) is 1.77. The van der Waals surface area contributed by atoms with Crippen molar-refractivity contribution >= 4 is 0 Å². The van der Waals surface area contributed by atoms with E-state index in [2.05, 4.69) is 38.1 Å². The SMILES string of the molecule is COC[CH]COc1ccc(CCCCCC(C)C)cc1. The fraction of sp³-hybridized carbons (Fsp3) is 0.611.